The Hall–Kier alpha value is -2.30. The topological polar surface area (TPSA) is 73.4 Å². The Bertz CT molecular complexity index is 690. The van der Waals surface area contributed by atoms with Crippen LogP contribution in [0.2, 0.25) is 0 Å². The molecule has 1 aliphatic rings. The Kier molecular flexibility index (Phi) is 2.33. The lowest BCUT2D eigenvalue weighted by molar-refractivity contribution is 0.140. The zero-order valence-corrected chi connectivity index (χ0v) is 9.64. The minimum absolute atomic E-state index is 0.171. The maximum Gasteiger partial charge on any atom is 0.407 e. The zero-order valence-electron chi connectivity index (χ0n) is 9.64. The van der Waals surface area contributed by atoms with Crippen LogP contribution in [0.4, 0.5) is 4.79 Å². The van der Waals surface area contributed by atoms with E-state index in [9.17, 15) is 9.59 Å². The van der Waals surface area contributed by atoms with Crippen LogP contribution in [-0.4, -0.2) is 27.6 Å². The molecule has 5 heteroatoms. The van der Waals surface area contributed by atoms with Crippen molar-refractivity contribution >= 4 is 17.0 Å². The molecule has 2 heterocycles. The number of aromatic amines is 1. The van der Waals surface area contributed by atoms with Gasteiger partial charge in [-0.1, -0.05) is 18.2 Å². The molecule has 2 N–H and O–H groups in total. The third-order valence-corrected chi connectivity index (χ3v) is 3.39. The highest BCUT2D eigenvalue weighted by Crippen LogP contribution is 2.23. The van der Waals surface area contributed by atoms with E-state index in [1.165, 1.54) is 4.90 Å². The van der Waals surface area contributed by atoms with Crippen molar-refractivity contribution in [3.05, 3.63) is 45.7 Å². The van der Waals surface area contributed by atoms with Crippen LogP contribution in [-0.2, 0) is 13.0 Å². The molecule has 0 fully saturated rings. The van der Waals surface area contributed by atoms with Gasteiger partial charge in [-0.3, -0.25) is 4.79 Å². The Morgan fingerprint density at radius 1 is 1.28 bits per heavy atom. The van der Waals surface area contributed by atoms with E-state index in [1.807, 2.05) is 24.3 Å². The van der Waals surface area contributed by atoms with Crippen LogP contribution < -0.4 is 5.56 Å². The summed E-state index contributed by atoms with van der Waals surface area (Å²) in [5.74, 6) is 0. The Morgan fingerprint density at radius 3 is 2.83 bits per heavy atom. The second-order valence-corrected chi connectivity index (χ2v) is 4.41. The minimum Gasteiger partial charge on any atom is -0.465 e. The van der Waals surface area contributed by atoms with Crippen molar-refractivity contribution in [2.24, 2.45) is 0 Å². The lowest BCUT2D eigenvalue weighted by Crippen LogP contribution is -2.38. The first-order valence-electron chi connectivity index (χ1n) is 5.77. The number of fused-ring (bicyclic) bond motifs is 3. The highest BCUT2D eigenvalue weighted by atomic mass is 16.4. The van der Waals surface area contributed by atoms with Crippen molar-refractivity contribution in [3.8, 4) is 0 Å². The van der Waals surface area contributed by atoms with Gasteiger partial charge in [0.2, 0.25) is 0 Å². The summed E-state index contributed by atoms with van der Waals surface area (Å²) in [6, 6.07) is 7.61. The fourth-order valence-electron chi connectivity index (χ4n) is 2.49. The molecular formula is C13H12N2O3. The third-order valence-electron chi connectivity index (χ3n) is 3.39. The Morgan fingerprint density at radius 2 is 2.06 bits per heavy atom. The number of nitrogens with one attached hydrogen (secondary N) is 1. The van der Waals surface area contributed by atoms with Gasteiger partial charge in [-0.15, -0.1) is 0 Å². The highest BCUT2D eigenvalue weighted by molar-refractivity contribution is 5.83. The first-order valence-corrected chi connectivity index (χ1v) is 5.77. The molecule has 3 rings (SSSR count). The van der Waals surface area contributed by atoms with Crippen molar-refractivity contribution in [1.82, 2.24) is 9.88 Å². The van der Waals surface area contributed by atoms with Gasteiger partial charge in [0.1, 0.15) is 0 Å². The van der Waals surface area contributed by atoms with E-state index in [1.54, 1.807) is 0 Å². The normalized spacial score (nSPS) is 14.6. The average molecular weight is 244 g/mol. The SMILES string of the molecule is O=C(O)N1CCc2c(c(=O)[nH]c3ccccc23)C1. The van der Waals surface area contributed by atoms with Gasteiger partial charge in [0.05, 0.1) is 6.54 Å². The highest BCUT2D eigenvalue weighted by Gasteiger charge is 2.23. The van der Waals surface area contributed by atoms with Gasteiger partial charge in [0.15, 0.2) is 0 Å². The molecule has 1 amide bonds. The molecule has 0 atom stereocenters. The van der Waals surface area contributed by atoms with Crippen LogP contribution in [0.5, 0.6) is 0 Å². The lowest BCUT2D eigenvalue weighted by Gasteiger charge is -2.26. The van der Waals surface area contributed by atoms with E-state index in [2.05, 4.69) is 4.98 Å². The zero-order chi connectivity index (χ0) is 12.7. The molecule has 1 aromatic heterocycles. The summed E-state index contributed by atoms with van der Waals surface area (Å²) in [7, 11) is 0. The van der Waals surface area contributed by atoms with Gasteiger partial charge in [0.25, 0.3) is 5.56 Å². The molecule has 0 bridgehead atoms. The number of hydrogen-bond acceptors (Lipinski definition) is 2. The van der Waals surface area contributed by atoms with Gasteiger partial charge in [0, 0.05) is 23.0 Å². The molecule has 0 saturated heterocycles. The molecule has 5 nitrogen and oxygen atoms in total. The number of para-hydroxylation sites is 1. The molecule has 0 spiro atoms. The van der Waals surface area contributed by atoms with Crippen LogP contribution in [0.3, 0.4) is 0 Å². The van der Waals surface area contributed by atoms with E-state index in [-0.39, 0.29) is 12.1 Å². The fraction of sp³-hybridized carbons (Fsp3) is 0.231. The minimum atomic E-state index is -0.979. The standard InChI is InChI=1S/C13H12N2O3/c16-12-10-7-15(13(17)18)6-5-8(10)9-3-1-2-4-11(9)14-12/h1-4H,5-7H2,(H,14,16)(H,17,18). The first kappa shape index (κ1) is 10.8. The van der Waals surface area contributed by atoms with Crippen molar-refractivity contribution < 1.29 is 9.90 Å². The van der Waals surface area contributed by atoms with Gasteiger partial charge in [-0.2, -0.15) is 0 Å². The average Bonchev–Trinajstić information content (AvgIpc) is 2.38. The summed E-state index contributed by atoms with van der Waals surface area (Å²) in [6.07, 6.45) is -0.389. The number of rotatable bonds is 0. The largest absolute Gasteiger partial charge is 0.465 e. The fourth-order valence-corrected chi connectivity index (χ4v) is 2.49. The maximum atomic E-state index is 12.0. The summed E-state index contributed by atoms with van der Waals surface area (Å²) >= 11 is 0. The van der Waals surface area contributed by atoms with Crippen LogP contribution in [0, 0.1) is 0 Å². The summed E-state index contributed by atoms with van der Waals surface area (Å²) in [5, 5.41) is 9.99. The number of aromatic nitrogens is 1. The van der Waals surface area contributed by atoms with Crippen molar-refractivity contribution in [1.29, 1.82) is 0 Å². The van der Waals surface area contributed by atoms with Crippen molar-refractivity contribution in [2.75, 3.05) is 6.54 Å². The lowest BCUT2D eigenvalue weighted by atomic mass is 9.97. The Labute approximate surface area is 103 Å². The van der Waals surface area contributed by atoms with E-state index in [0.29, 0.717) is 18.5 Å². The summed E-state index contributed by atoms with van der Waals surface area (Å²) in [5.41, 5.74) is 2.17. The van der Waals surface area contributed by atoms with Crippen LogP contribution in [0.1, 0.15) is 11.1 Å². The summed E-state index contributed by atoms with van der Waals surface area (Å²) in [4.78, 5) is 27.0. The van der Waals surface area contributed by atoms with Gasteiger partial charge in [-0.25, -0.2) is 4.79 Å². The molecule has 2 aromatic rings. The number of H-pyrrole nitrogens is 1. The quantitative estimate of drug-likeness (QED) is 0.738. The Balaban J connectivity index is 2.22. The van der Waals surface area contributed by atoms with E-state index >= 15 is 0 Å². The van der Waals surface area contributed by atoms with Crippen LogP contribution >= 0.6 is 0 Å². The number of pyridine rings is 1. The number of amides is 1. The molecule has 1 aliphatic heterocycles. The first-order chi connectivity index (χ1) is 8.66. The number of carbonyl (C=O) groups is 1. The monoisotopic (exact) mass is 244 g/mol. The van der Waals surface area contributed by atoms with Gasteiger partial charge >= 0.3 is 6.09 Å². The number of nitrogens with zero attached hydrogens (tertiary/aromatic N) is 1. The molecule has 0 saturated carbocycles. The molecule has 1 aromatic carbocycles. The maximum absolute atomic E-state index is 12.0. The van der Waals surface area contributed by atoms with Crippen molar-refractivity contribution in [2.45, 2.75) is 13.0 Å². The summed E-state index contributed by atoms with van der Waals surface area (Å²) < 4.78 is 0. The van der Waals surface area contributed by atoms with Crippen molar-refractivity contribution in [3.63, 3.8) is 0 Å². The second-order valence-electron chi connectivity index (χ2n) is 4.41. The number of benzene rings is 1. The molecule has 92 valence electrons. The second kappa shape index (κ2) is 3.87. The van der Waals surface area contributed by atoms with Gasteiger partial charge in [-0.05, 0) is 18.1 Å². The summed E-state index contributed by atoms with van der Waals surface area (Å²) in [6.45, 7) is 0.612. The number of hydrogen-bond donors (Lipinski definition) is 2. The molecule has 0 unspecified atom stereocenters. The molecule has 18 heavy (non-hydrogen) atoms. The number of carboxylic acid groups (broad SMARTS) is 1. The predicted molar refractivity (Wildman–Crippen MR) is 66.7 cm³/mol. The van der Waals surface area contributed by atoms with Crippen LogP contribution in [0.15, 0.2) is 29.1 Å². The van der Waals surface area contributed by atoms with E-state index in [0.717, 1.165) is 16.5 Å². The van der Waals surface area contributed by atoms with Gasteiger partial charge < -0.3 is 15.0 Å². The molecule has 0 radical (unpaired) electrons. The van der Waals surface area contributed by atoms with E-state index < -0.39 is 6.09 Å². The molecular weight excluding hydrogens is 232 g/mol. The van der Waals surface area contributed by atoms with Crippen LogP contribution in [0.25, 0.3) is 10.9 Å². The van der Waals surface area contributed by atoms with E-state index in [4.69, 9.17) is 5.11 Å². The smallest absolute Gasteiger partial charge is 0.407 e. The third kappa shape index (κ3) is 1.55. The molecule has 0 aliphatic carbocycles. The predicted octanol–water partition coefficient (Wildman–Crippen LogP) is 1.56.